The average Bonchev–Trinajstić information content (AvgIpc) is 3.16. The first-order valence-electron chi connectivity index (χ1n) is 10.00. The van der Waals surface area contributed by atoms with Gasteiger partial charge in [0.05, 0.1) is 19.3 Å². The highest BCUT2D eigenvalue weighted by molar-refractivity contribution is 5.94. The van der Waals surface area contributed by atoms with Crippen LogP contribution in [0.4, 0.5) is 5.69 Å². The summed E-state index contributed by atoms with van der Waals surface area (Å²) in [5.41, 5.74) is 3.11. The molecule has 4 rings (SSSR count). The summed E-state index contributed by atoms with van der Waals surface area (Å²) in [6.45, 7) is 5.44. The van der Waals surface area contributed by atoms with Gasteiger partial charge in [0.2, 0.25) is 0 Å². The molecule has 28 heavy (non-hydrogen) atoms. The van der Waals surface area contributed by atoms with E-state index in [0.717, 1.165) is 32.6 Å². The second-order valence-electron chi connectivity index (χ2n) is 7.77. The van der Waals surface area contributed by atoms with Crippen LogP contribution in [0.5, 0.6) is 0 Å². The average molecular weight is 380 g/mol. The summed E-state index contributed by atoms with van der Waals surface area (Å²) in [5, 5.41) is 3.17. The number of rotatable bonds is 5. The molecule has 6 nitrogen and oxygen atoms in total. The molecule has 1 amide bonds. The van der Waals surface area contributed by atoms with E-state index in [0.29, 0.717) is 18.8 Å². The van der Waals surface area contributed by atoms with Crippen LogP contribution in [-0.2, 0) is 11.2 Å². The number of likely N-dealkylation sites (N-methyl/N-ethyl adjacent to an activating group) is 1. The highest BCUT2D eigenvalue weighted by Crippen LogP contribution is 2.21. The maximum Gasteiger partial charge on any atom is 0.251 e. The van der Waals surface area contributed by atoms with Gasteiger partial charge in [-0.05, 0) is 55.4 Å². The van der Waals surface area contributed by atoms with Crippen molar-refractivity contribution in [2.75, 3.05) is 51.3 Å². The van der Waals surface area contributed by atoms with E-state index in [4.69, 9.17) is 4.74 Å². The Labute approximate surface area is 166 Å². The summed E-state index contributed by atoms with van der Waals surface area (Å²) < 4.78 is 5.64. The summed E-state index contributed by atoms with van der Waals surface area (Å²) >= 11 is 0. The van der Waals surface area contributed by atoms with Crippen molar-refractivity contribution in [3.63, 3.8) is 0 Å². The fourth-order valence-corrected chi connectivity index (χ4v) is 3.92. The van der Waals surface area contributed by atoms with Gasteiger partial charge in [0.1, 0.15) is 0 Å². The van der Waals surface area contributed by atoms with E-state index in [9.17, 15) is 4.79 Å². The SMILES string of the molecule is CN1CCN(c2ccc(C(=O)N[C@@H]3COC[C@H]3Cc3ccncc3)cc2)CC1. The van der Waals surface area contributed by atoms with E-state index in [-0.39, 0.29) is 17.9 Å². The minimum atomic E-state index is -0.0276. The standard InChI is InChI=1S/C22H28N4O2/c1-25-10-12-26(13-11-25)20-4-2-18(3-5-20)22(27)24-21-16-28-15-19(21)14-17-6-8-23-9-7-17/h2-9,19,21H,10-16H2,1H3,(H,24,27)/t19-,21-/m1/s1. The number of hydrogen-bond acceptors (Lipinski definition) is 5. The van der Waals surface area contributed by atoms with Crippen LogP contribution in [0.2, 0.25) is 0 Å². The van der Waals surface area contributed by atoms with Crippen LogP contribution >= 0.6 is 0 Å². The zero-order valence-corrected chi connectivity index (χ0v) is 16.4. The number of ether oxygens (including phenoxy) is 1. The Hall–Kier alpha value is -2.44. The van der Waals surface area contributed by atoms with E-state index < -0.39 is 0 Å². The quantitative estimate of drug-likeness (QED) is 0.858. The smallest absolute Gasteiger partial charge is 0.251 e. The number of amides is 1. The summed E-state index contributed by atoms with van der Waals surface area (Å²) in [6, 6.07) is 12.0. The van der Waals surface area contributed by atoms with Crippen LogP contribution in [-0.4, -0.2) is 68.3 Å². The van der Waals surface area contributed by atoms with Crippen LogP contribution in [0.1, 0.15) is 15.9 Å². The molecule has 3 heterocycles. The Kier molecular flexibility index (Phi) is 5.88. The lowest BCUT2D eigenvalue weighted by atomic mass is 9.95. The molecule has 1 aromatic heterocycles. The molecule has 148 valence electrons. The van der Waals surface area contributed by atoms with Gasteiger partial charge >= 0.3 is 0 Å². The molecule has 0 spiro atoms. The van der Waals surface area contributed by atoms with E-state index >= 15 is 0 Å². The Morgan fingerprint density at radius 3 is 2.50 bits per heavy atom. The maximum atomic E-state index is 12.7. The molecule has 0 unspecified atom stereocenters. The summed E-state index contributed by atoms with van der Waals surface area (Å²) in [7, 11) is 2.15. The first kappa shape index (κ1) is 18.9. The molecule has 0 aliphatic carbocycles. The Bertz CT molecular complexity index is 773. The number of nitrogens with zero attached hydrogens (tertiary/aromatic N) is 3. The number of carbonyl (C=O) groups excluding carboxylic acids is 1. The van der Waals surface area contributed by atoms with Crippen molar-refractivity contribution >= 4 is 11.6 Å². The van der Waals surface area contributed by atoms with Crippen molar-refractivity contribution in [3.8, 4) is 0 Å². The number of nitrogens with one attached hydrogen (secondary N) is 1. The van der Waals surface area contributed by atoms with Gasteiger partial charge in [-0.3, -0.25) is 9.78 Å². The lowest BCUT2D eigenvalue weighted by Crippen LogP contribution is -2.44. The van der Waals surface area contributed by atoms with Crippen molar-refractivity contribution in [1.82, 2.24) is 15.2 Å². The minimum Gasteiger partial charge on any atom is -0.379 e. The maximum absolute atomic E-state index is 12.7. The Morgan fingerprint density at radius 1 is 1.07 bits per heavy atom. The second kappa shape index (κ2) is 8.71. The molecular weight excluding hydrogens is 352 g/mol. The highest BCUT2D eigenvalue weighted by atomic mass is 16.5. The molecule has 2 aliphatic rings. The summed E-state index contributed by atoms with van der Waals surface area (Å²) in [4.78, 5) is 21.5. The van der Waals surface area contributed by atoms with Crippen LogP contribution in [0.25, 0.3) is 0 Å². The van der Waals surface area contributed by atoms with Gasteiger partial charge in [0, 0.05) is 55.7 Å². The highest BCUT2D eigenvalue weighted by Gasteiger charge is 2.30. The zero-order valence-electron chi connectivity index (χ0n) is 16.4. The molecule has 6 heteroatoms. The first-order valence-corrected chi connectivity index (χ1v) is 10.00. The molecule has 0 saturated carbocycles. The Morgan fingerprint density at radius 2 is 1.79 bits per heavy atom. The van der Waals surface area contributed by atoms with Crippen LogP contribution in [0, 0.1) is 5.92 Å². The van der Waals surface area contributed by atoms with Crippen LogP contribution in [0.3, 0.4) is 0 Å². The monoisotopic (exact) mass is 380 g/mol. The number of pyridine rings is 1. The third-order valence-corrected chi connectivity index (χ3v) is 5.76. The van der Waals surface area contributed by atoms with Gasteiger partial charge in [0.25, 0.3) is 5.91 Å². The number of benzene rings is 1. The third-order valence-electron chi connectivity index (χ3n) is 5.76. The van der Waals surface area contributed by atoms with Crippen molar-refractivity contribution in [1.29, 1.82) is 0 Å². The van der Waals surface area contributed by atoms with Crippen LogP contribution < -0.4 is 10.2 Å². The van der Waals surface area contributed by atoms with Crippen LogP contribution in [0.15, 0.2) is 48.8 Å². The van der Waals surface area contributed by atoms with Crippen molar-refractivity contribution in [2.45, 2.75) is 12.5 Å². The molecule has 0 radical (unpaired) electrons. The molecule has 2 atom stereocenters. The van der Waals surface area contributed by atoms with Gasteiger partial charge in [0.15, 0.2) is 0 Å². The predicted octanol–water partition coefficient (Wildman–Crippen LogP) is 1.82. The van der Waals surface area contributed by atoms with Crippen molar-refractivity contribution < 1.29 is 9.53 Å². The third kappa shape index (κ3) is 4.51. The molecule has 2 aliphatic heterocycles. The minimum absolute atomic E-state index is 0.0276. The summed E-state index contributed by atoms with van der Waals surface area (Å²) in [5.74, 6) is 0.260. The first-order chi connectivity index (χ1) is 13.7. The van der Waals surface area contributed by atoms with Gasteiger partial charge in [-0.1, -0.05) is 0 Å². The normalized spacial score (nSPS) is 23.0. The van der Waals surface area contributed by atoms with Gasteiger partial charge in [-0.25, -0.2) is 0 Å². The van der Waals surface area contributed by atoms with E-state index in [1.807, 2.05) is 24.3 Å². The molecule has 1 N–H and O–H groups in total. The fourth-order valence-electron chi connectivity index (χ4n) is 3.92. The number of piperazine rings is 1. The lowest BCUT2D eigenvalue weighted by molar-refractivity contribution is 0.0925. The van der Waals surface area contributed by atoms with E-state index in [1.54, 1.807) is 12.4 Å². The Balaban J connectivity index is 1.35. The van der Waals surface area contributed by atoms with Gasteiger partial charge in [-0.2, -0.15) is 0 Å². The predicted molar refractivity (Wildman–Crippen MR) is 110 cm³/mol. The number of anilines is 1. The van der Waals surface area contributed by atoms with E-state index in [1.165, 1.54) is 11.3 Å². The van der Waals surface area contributed by atoms with Gasteiger partial charge in [-0.15, -0.1) is 0 Å². The van der Waals surface area contributed by atoms with E-state index in [2.05, 4.69) is 39.3 Å². The molecule has 1 aromatic carbocycles. The molecular formula is C22H28N4O2. The largest absolute Gasteiger partial charge is 0.379 e. The molecule has 2 fully saturated rings. The number of aromatic nitrogens is 1. The second-order valence-corrected chi connectivity index (χ2v) is 7.77. The van der Waals surface area contributed by atoms with Crippen molar-refractivity contribution in [3.05, 3.63) is 59.9 Å². The zero-order chi connectivity index (χ0) is 19.3. The summed E-state index contributed by atoms with van der Waals surface area (Å²) in [6.07, 6.45) is 4.50. The molecule has 2 saturated heterocycles. The number of hydrogen-bond donors (Lipinski definition) is 1. The molecule has 2 aromatic rings. The fraction of sp³-hybridized carbons (Fsp3) is 0.455. The van der Waals surface area contributed by atoms with Crippen molar-refractivity contribution in [2.24, 2.45) is 5.92 Å². The topological polar surface area (TPSA) is 57.7 Å². The lowest BCUT2D eigenvalue weighted by Gasteiger charge is -2.34. The number of carbonyl (C=O) groups is 1. The van der Waals surface area contributed by atoms with Gasteiger partial charge < -0.3 is 19.9 Å². The molecule has 0 bridgehead atoms.